The number of nitrogens with two attached hydrogens (primary N) is 1. The van der Waals surface area contributed by atoms with E-state index in [9.17, 15) is 8.42 Å². The van der Waals surface area contributed by atoms with Crippen molar-refractivity contribution in [2.75, 3.05) is 32.6 Å². The van der Waals surface area contributed by atoms with Gasteiger partial charge in [-0.1, -0.05) is 6.07 Å². The highest BCUT2D eigenvalue weighted by Crippen LogP contribution is 2.17. The molecule has 0 aliphatic rings. The third-order valence-corrected chi connectivity index (χ3v) is 4.32. The summed E-state index contributed by atoms with van der Waals surface area (Å²) in [5, 5.41) is 3.28. The van der Waals surface area contributed by atoms with Gasteiger partial charge in [0.1, 0.15) is 0 Å². The second kappa shape index (κ2) is 8.21. The van der Waals surface area contributed by atoms with Gasteiger partial charge in [0, 0.05) is 18.8 Å². The first-order chi connectivity index (χ1) is 9.53. The fourth-order valence-electron chi connectivity index (χ4n) is 1.87. The summed E-state index contributed by atoms with van der Waals surface area (Å²) in [5.74, 6) is 0. The molecule has 0 heterocycles. The van der Waals surface area contributed by atoms with Gasteiger partial charge in [-0.3, -0.25) is 0 Å². The van der Waals surface area contributed by atoms with Crippen molar-refractivity contribution in [3.8, 4) is 0 Å². The van der Waals surface area contributed by atoms with E-state index in [1.165, 1.54) is 7.05 Å². The summed E-state index contributed by atoms with van der Waals surface area (Å²) in [6.45, 7) is 1.17. The Morgan fingerprint density at radius 3 is 2.75 bits per heavy atom. The minimum atomic E-state index is -3.43. The summed E-state index contributed by atoms with van der Waals surface area (Å²) >= 11 is 0. The lowest BCUT2D eigenvalue weighted by Crippen LogP contribution is -2.26. The fraction of sp³-hybridized carbons (Fsp3) is 0.538. The molecule has 0 aliphatic carbocycles. The van der Waals surface area contributed by atoms with Crippen molar-refractivity contribution in [2.45, 2.75) is 23.8 Å². The van der Waals surface area contributed by atoms with E-state index in [0.717, 1.165) is 18.5 Å². The first-order valence-corrected chi connectivity index (χ1v) is 8.01. The average molecular weight is 301 g/mol. The van der Waals surface area contributed by atoms with Gasteiger partial charge in [-0.05, 0) is 44.6 Å². The zero-order valence-electron chi connectivity index (χ0n) is 11.9. The van der Waals surface area contributed by atoms with E-state index in [4.69, 9.17) is 10.5 Å². The minimum absolute atomic E-state index is 0.107. The topological polar surface area (TPSA) is 93.5 Å². The predicted molar refractivity (Wildman–Crippen MR) is 80.3 cm³/mol. The second-order valence-corrected chi connectivity index (χ2v) is 6.35. The summed E-state index contributed by atoms with van der Waals surface area (Å²) in [5.41, 5.74) is 6.26. The Morgan fingerprint density at radius 1 is 1.40 bits per heavy atom. The van der Waals surface area contributed by atoms with Gasteiger partial charge in [0.25, 0.3) is 0 Å². The number of benzene rings is 1. The van der Waals surface area contributed by atoms with Crippen LogP contribution >= 0.6 is 0 Å². The van der Waals surface area contributed by atoms with Crippen molar-refractivity contribution in [1.82, 2.24) is 4.72 Å². The quantitative estimate of drug-likeness (QED) is 0.626. The highest BCUT2D eigenvalue weighted by atomic mass is 32.2. The molecule has 0 amide bonds. The summed E-state index contributed by atoms with van der Waals surface area (Å²) in [6.07, 6.45) is 1.75. The van der Waals surface area contributed by atoms with Gasteiger partial charge in [-0.15, -0.1) is 0 Å². The first kappa shape index (κ1) is 16.9. The van der Waals surface area contributed by atoms with Gasteiger partial charge in [0.05, 0.1) is 11.5 Å². The number of methoxy groups -OCH3 is 1. The van der Waals surface area contributed by atoms with Gasteiger partial charge in [-0.2, -0.15) is 0 Å². The van der Waals surface area contributed by atoms with Crippen LogP contribution in [0.4, 0.5) is 5.69 Å². The number of sulfonamides is 1. The Hall–Kier alpha value is -1.15. The van der Waals surface area contributed by atoms with Crippen LogP contribution in [0.2, 0.25) is 0 Å². The number of rotatable bonds is 9. The molecule has 1 unspecified atom stereocenters. The predicted octanol–water partition coefficient (Wildman–Crippen LogP) is 0.761. The molecule has 0 saturated carbocycles. The molecule has 1 aromatic carbocycles. The molecule has 4 N–H and O–H groups in total. The molecule has 0 spiro atoms. The van der Waals surface area contributed by atoms with Crippen LogP contribution in [0.3, 0.4) is 0 Å². The molecule has 1 atom stereocenters. The maximum absolute atomic E-state index is 11.8. The summed E-state index contributed by atoms with van der Waals surface area (Å²) in [6, 6.07) is 6.81. The summed E-state index contributed by atoms with van der Waals surface area (Å²) < 4.78 is 31.0. The maximum atomic E-state index is 11.8. The van der Waals surface area contributed by atoms with E-state index >= 15 is 0 Å². The molecule has 1 rings (SSSR count). The van der Waals surface area contributed by atoms with Crippen molar-refractivity contribution in [3.63, 3.8) is 0 Å². The second-order valence-electron chi connectivity index (χ2n) is 4.46. The lowest BCUT2D eigenvalue weighted by Gasteiger charge is -2.19. The summed E-state index contributed by atoms with van der Waals surface area (Å²) in [7, 11) is -0.396. The van der Waals surface area contributed by atoms with Gasteiger partial charge >= 0.3 is 0 Å². The Kier molecular flexibility index (Phi) is 6.94. The lowest BCUT2D eigenvalue weighted by molar-refractivity contribution is 0.182. The van der Waals surface area contributed by atoms with Crippen LogP contribution in [-0.4, -0.2) is 41.8 Å². The van der Waals surface area contributed by atoms with Crippen LogP contribution < -0.4 is 15.8 Å². The van der Waals surface area contributed by atoms with E-state index in [2.05, 4.69) is 10.0 Å². The molecule has 0 fully saturated rings. The van der Waals surface area contributed by atoms with E-state index < -0.39 is 10.0 Å². The summed E-state index contributed by atoms with van der Waals surface area (Å²) in [4.78, 5) is 0.236. The van der Waals surface area contributed by atoms with Crippen molar-refractivity contribution < 1.29 is 13.2 Å². The van der Waals surface area contributed by atoms with E-state index in [1.807, 2.05) is 6.07 Å². The Labute approximate surface area is 120 Å². The molecule has 7 heteroatoms. The standard InChI is InChI=1S/C13H23N3O3S/c1-15-20(17,18)13-7-3-5-11(9-13)16-12(10-19-2)6-4-8-14/h3,5,7,9,12,15-16H,4,6,8,10,14H2,1-2H3. The molecule has 1 aromatic rings. The molecule has 0 radical (unpaired) electrons. The monoisotopic (exact) mass is 301 g/mol. The van der Waals surface area contributed by atoms with Crippen molar-refractivity contribution in [1.29, 1.82) is 0 Å². The third-order valence-electron chi connectivity index (χ3n) is 2.91. The SMILES string of the molecule is CNS(=O)(=O)c1cccc(NC(CCCN)COC)c1. The number of hydrogen-bond acceptors (Lipinski definition) is 5. The molecule has 0 saturated heterocycles. The highest BCUT2D eigenvalue weighted by Gasteiger charge is 2.13. The fourth-order valence-corrected chi connectivity index (χ4v) is 2.64. The van der Waals surface area contributed by atoms with Gasteiger partial charge in [0.2, 0.25) is 10.0 Å². The first-order valence-electron chi connectivity index (χ1n) is 6.52. The molecule has 6 nitrogen and oxygen atoms in total. The normalized spacial score (nSPS) is 13.2. The zero-order valence-corrected chi connectivity index (χ0v) is 12.7. The van der Waals surface area contributed by atoms with Gasteiger partial charge in [-0.25, -0.2) is 13.1 Å². The largest absolute Gasteiger partial charge is 0.383 e. The minimum Gasteiger partial charge on any atom is -0.383 e. The van der Waals surface area contributed by atoms with Crippen LogP contribution in [0.25, 0.3) is 0 Å². The third kappa shape index (κ3) is 5.09. The molecule has 0 bridgehead atoms. The molecule has 114 valence electrons. The molecule has 0 aromatic heterocycles. The molecular formula is C13H23N3O3S. The number of nitrogens with one attached hydrogen (secondary N) is 2. The Morgan fingerprint density at radius 2 is 2.15 bits per heavy atom. The Balaban J connectivity index is 2.82. The van der Waals surface area contributed by atoms with E-state index in [-0.39, 0.29) is 10.9 Å². The molecule has 0 aliphatic heterocycles. The molecular weight excluding hydrogens is 278 g/mol. The van der Waals surface area contributed by atoms with Crippen LogP contribution in [-0.2, 0) is 14.8 Å². The van der Waals surface area contributed by atoms with Crippen molar-refractivity contribution >= 4 is 15.7 Å². The maximum Gasteiger partial charge on any atom is 0.240 e. The van der Waals surface area contributed by atoms with Crippen molar-refractivity contribution in [2.24, 2.45) is 5.73 Å². The zero-order chi connectivity index (χ0) is 15.0. The lowest BCUT2D eigenvalue weighted by atomic mass is 10.1. The van der Waals surface area contributed by atoms with Crippen LogP contribution in [0.15, 0.2) is 29.2 Å². The number of anilines is 1. The van der Waals surface area contributed by atoms with Crippen LogP contribution in [0.5, 0.6) is 0 Å². The van der Waals surface area contributed by atoms with Crippen LogP contribution in [0.1, 0.15) is 12.8 Å². The van der Waals surface area contributed by atoms with Crippen molar-refractivity contribution in [3.05, 3.63) is 24.3 Å². The highest BCUT2D eigenvalue weighted by molar-refractivity contribution is 7.89. The number of ether oxygens (including phenoxy) is 1. The van der Waals surface area contributed by atoms with Gasteiger partial charge in [0.15, 0.2) is 0 Å². The Bertz CT molecular complexity index is 505. The number of hydrogen-bond donors (Lipinski definition) is 3. The molecule has 20 heavy (non-hydrogen) atoms. The van der Waals surface area contributed by atoms with E-state index in [0.29, 0.717) is 13.2 Å². The van der Waals surface area contributed by atoms with Crippen LogP contribution in [0, 0.1) is 0 Å². The van der Waals surface area contributed by atoms with E-state index in [1.54, 1.807) is 25.3 Å². The smallest absolute Gasteiger partial charge is 0.240 e. The van der Waals surface area contributed by atoms with Gasteiger partial charge < -0.3 is 15.8 Å². The average Bonchev–Trinajstić information content (AvgIpc) is 2.45.